The Morgan fingerprint density at radius 1 is 1.53 bits per heavy atom. The summed E-state index contributed by atoms with van der Waals surface area (Å²) in [6, 6.07) is 0. The Morgan fingerprint density at radius 3 is 3.05 bits per heavy atom. The second kappa shape index (κ2) is 5.02. The summed E-state index contributed by atoms with van der Waals surface area (Å²) in [5.74, 6) is -0.327. The molecule has 0 radical (unpaired) electrons. The lowest BCUT2D eigenvalue weighted by atomic mass is 10.1. The van der Waals surface area contributed by atoms with Crippen molar-refractivity contribution in [3.8, 4) is 10.7 Å². The van der Waals surface area contributed by atoms with E-state index in [1.54, 1.807) is 22.7 Å². The molecule has 4 nitrogen and oxygen atoms in total. The fourth-order valence-electron chi connectivity index (χ4n) is 2.27. The van der Waals surface area contributed by atoms with Gasteiger partial charge in [0.2, 0.25) is 0 Å². The summed E-state index contributed by atoms with van der Waals surface area (Å²) in [4.78, 5) is 22.2. The molecule has 1 atom stereocenters. The summed E-state index contributed by atoms with van der Waals surface area (Å²) < 4.78 is 5.11. The molecule has 1 unspecified atom stereocenters. The van der Waals surface area contributed by atoms with Crippen LogP contribution in [0.4, 0.5) is 0 Å². The van der Waals surface area contributed by atoms with Gasteiger partial charge in [0.1, 0.15) is 16.6 Å². The number of aryl methyl sites for hydroxylation is 2. The predicted octanol–water partition coefficient (Wildman–Crippen LogP) is 3.17. The van der Waals surface area contributed by atoms with Gasteiger partial charge in [-0.15, -0.1) is 22.7 Å². The normalized spacial score (nSPS) is 17.5. The molecule has 0 fully saturated rings. The molecule has 2 aromatic rings. The maximum absolute atomic E-state index is 11.9. The highest BCUT2D eigenvalue weighted by molar-refractivity contribution is 7.15. The number of aromatic nitrogens is 2. The van der Waals surface area contributed by atoms with Crippen LogP contribution in [0, 0.1) is 6.92 Å². The highest BCUT2D eigenvalue weighted by Crippen LogP contribution is 2.40. The van der Waals surface area contributed by atoms with Crippen molar-refractivity contribution in [2.75, 3.05) is 6.61 Å². The van der Waals surface area contributed by atoms with E-state index >= 15 is 0 Å². The van der Waals surface area contributed by atoms with Crippen molar-refractivity contribution in [3.63, 3.8) is 0 Å². The lowest BCUT2D eigenvalue weighted by molar-refractivity contribution is -0.145. The van der Waals surface area contributed by atoms with Crippen molar-refractivity contribution in [1.29, 1.82) is 0 Å². The quantitative estimate of drug-likeness (QED) is 0.816. The van der Waals surface area contributed by atoms with Crippen molar-refractivity contribution >= 4 is 28.6 Å². The van der Waals surface area contributed by atoms with Crippen molar-refractivity contribution in [3.05, 3.63) is 21.0 Å². The zero-order chi connectivity index (χ0) is 13.4. The molecule has 100 valence electrons. The highest BCUT2D eigenvalue weighted by atomic mass is 32.1. The van der Waals surface area contributed by atoms with E-state index < -0.39 is 0 Å². The molecule has 2 heterocycles. The third-order valence-corrected chi connectivity index (χ3v) is 5.05. The minimum Gasteiger partial charge on any atom is -0.465 e. The van der Waals surface area contributed by atoms with Crippen LogP contribution < -0.4 is 0 Å². The molecule has 19 heavy (non-hydrogen) atoms. The van der Waals surface area contributed by atoms with Crippen LogP contribution in [-0.2, 0) is 16.0 Å². The number of thiazole rings is 2. The second-order valence-corrected chi connectivity index (χ2v) is 6.57. The fraction of sp³-hybridized carbons (Fsp3) is 0.462. The summed E-state index contributed by atoms with van der Waals surface area (Å²) in [5.41, 5.74) is 1.83. The van der Waals surface area contributed by atoms with Crippen LogP contribution in [0.15, 0.2) is 5.38 Å². The smallest absolute Gasteiger partial charge is 0.315 e. The van der Waals surface area contributed by atoms with Crippen LogP contribution in [0.2, 0.25) is 0 Å². The zero-order valence-electron chi connectivity index (χ0n) is 10.8. The van der Waals surface area contributed by atoms with Gasteiger partial charge in [-0.25, -0.2) is 9.97 Å². The van der Waals surface area contributed by atoms with E-state index in [0.29, 0.717) is 6.61 Å². The third-order valence-electron chi connectivity index (χ3n) is 3.13. The lowest BCUT2D eigenvalue weighted by Crippen LogP contribution is -2.14. The van der Waals surface area contributed by atoms with Crippen LogP contribution in [0.1, 0.15) is 34.8 Å². The number of carbonyl (C=O) groups excluding carboxylic acids is 1. The van der Waals surface area contributed by atoms with Crippen molar-refractivity contribution in [2.24, 2.45) is 0 Å². The molecule has 3 rings (SSSR count). The molecular weight excluding hydrogens is 280 g/mol. The monoisotopic (exact) mass is 294 g/mol. The molecule has 0 bridgehead atoms. The Balaban J connectivity index is 1.90. The second-order valence-electron chi connectivity index (χ2n) is 4.42. The van der Waals surface area contributed by atoms with E-state index in [2.05, 4.69) is 9.97 Å². The van der Waals surface area contributed by atoms with Gasteiger partial charge in [0.05, 0.1) is 17.3 Å². The first-order chi connectivity index (χ1) is 9.19. The van der Waals surface area contributed by atoms with Crippen LogP contribution in [-0.4, -0.2) is 22.5 Å². The minimum atomic E-state index is -0.181. The fourth-order valence-corrected chi connectivity index (χ4v) is 4.04. The molecule has 0 aliphatic heterocycles. The van der Waals surface area contributed by atoms with Gasteiger partial charge in [0.15, 0.2) is 0 Å². The first-order valence-corrected chi connectivity index (χ1v) is 7.97. The van der Waals surface area contributed by atoms with E-state index in [0.717, 1.165) is 34.2 Å². The molecular formula is C13H14N2O2S2. The number of nitrogens with zero attached hydrogens (tertiary/aromatic N) is 2. The van der Waals surface area contributed by atoms with E-state index in [4.69, 9.17) is 4.74 Å². The van der Waals surface area contributed by atoms with Crippen molar-refractivity contribution in [1.82, 2.24) is 9.97 Å². The Kier molecular flexibility index (Phi) is 3.36. The predicted molar refractivity (Wildman–Crippen MR) is 75.7 cm³/mol. The molecule has 2 aromatic heterocycles. The zero-order valence-corrected chi connectivity index (χ0v) is 12.4. The lowest BCUT2D eigenvalue weighted by Gasteiger charge is -2.07. The molecule has 0 saturated heterocycles. The SMILES string of the molecule is CCOC(=O)C1CCc2sc(-c3csc(C)n3)nc21. The van der Waals surface area contributed by atoms with Crippen LogP contribution in [0.3, 0.4) is 0 Å². The molecule has 0 N–H and O–H groups in total. The summed E-state index contributed by atoms with van der Waals surface area (Å²) in [7, 11) is 0. The Morgan fingerprint density at radius 2 is 2.37 bits per heavy atom. The molecule has 1 aliphatic rings. The largest absolute Gasteiger partial charge is 0.465 e. The number of ether oxygens (including phenoxy) is 1. The van der Waals surface area contributed by atoms with Gasteiger partial charge < -0.3 is 4.74 Å². The maximum atomic E-state index is 11.9. The molecule has 0 spiro atoms. The average Bonchev–Trinajstić information content (AvgIpc) is 3.02. The van der Waals surface area contributed by atoms with Crippen molar-refractivity contribution < 1.29 is 9.53 Å². The Hall–Kier alpha value is -1.27. The number of carbonyl (C=O) groups is 1. The van der Waals surface area contributed by atoms with Crippen LogP contribution in [0.5, 0.6) is 0 Å². The first kappa shape index (κ1) is 12.7. The Bertz CT molecular complexity index is 618. The van der Waals surface area contributed by atoms with Gasteiger partial charge in [-0.2, -0.15) is 0 Å². The standard InChI is InChI=1S/C13H14N2O2S2/c1-3-17-13(16)8-4-5-10-11(8)15-12(19-10)9-6-18-7(2)14-9/h6,8H,3-5H2,1-2H3. The molecule has 0 aromatic carbocycles. The first-order valence-electron chi connectivity index (χ1n) is 6.27. The Labute approximate surface area is 119 Å². The van der Waals surface area contributed by atoms with Crippen LogP contribution in [0.25, 0.3) is 10.7 Å². The minimum absolute atomic E-state index is 0.146. The summed E-state index contributed by atoms with van der Waals surface area (Å²) in [6.45, 7) is 4.24. The summed E-state index contributed by atoms with van der Waals surface area (Å²) >= 11 is 3.27. The molecule has 1 aliphatic carbocycles. The molecule has 0 amide bonds. The van der Waals surface area contributed by atoms with Crippen molar-refractivity contribution in [2.45, 2.75) is 32.6 Å². The van der Waals surface area contributed by atoms with Gasteiger partial charge in [-0.3, -0.25) is 4.79 Å². The van der Waals surface area contributed by atoms with E-state index in [1.807, 2.05) is 19.2 Å². The third kappa shape index (κ3) is 2.30. The number of rotatable bonds is 3. The van der Waals surface area contributed by atoms with Gasteiger partial charge in [-0.05, 0) is 26.7 Å². The van der Waals surface area contributed by atoms with Crippen LogP contribution >= 0.6 is 22.7 Å². The number of hydrogen-bond donors (Lipinski definition) is 0. The number of hydrogen-bond acceptors (Lipinski definition) is 6. The topological polar surface area (TPSA) is 52.1 Å². The number of fused-ring (bicyclic) bond motifs is 1. The number of esters is 1. The maximum Gasteiger partial charge on any atom is 0.315 e. The van der Waals surface area contributed by atoms with Gasteiger partial charge in [-0.1, -0.05) is 0 Å². The summed E-state index contributed by atoms with van der Waals surface area (Å²) in [5, 5.41) is 3.97. The van der Waals surface area contributed by atoms with Gasteiger partial charge in [0, 0.05) is 10.3 Å². The van der Waals surface area contributed by atoms with E-state index in [9.17, 15) is 4.79 Å². The van der Waals surface area contributed by atoms with E-state index in [1.165, 1.54) is 4.88 Å². The van der Waals surface area contributed by atoms with Gasteiger partial charge in [0.25, 0.3) is 0 Å². The molecule has 6 heteroatoms. The highest BCUT2D eigenvalue weighted by Gasteiger charge is 2.33. The van der Waals surface area contributed by atoms with Gasteiger partial charge >= 0.3 is 5.97 Å². The molecule has 0 saturated carbocycles. The average molecular weight is 294 g/mol. The van der Waals surface area contributed by atoms with E-state index in [-0.39, 0.29) is 11.9 Å². The summed E-state index contributed by atoms with van der Waals surface area (Å²) in [6.07, 6.45) is 1.74.